The molecule has 1 N–H and O–H groups in total. The Morgan fingerprint density at radius 3 is 1.43 bits per heavy atom. The van der Waals surface area contributed by atoms with Crippen molar-refractivity contribution in [2.45, 2.75) is 122 Å². The summed E-state index contributed by atoms with van der Waals surface area (Å²) in [5.74, 6) is 0. The van der Waals surface area contributed by atoms with Crippen molar-refractivity contribution < 1.29 is 17.2 Å². The predicted molar refractivity (Wildman–Crippen MR) is 120 cm³/mol. The number of unbranched alkanes of at least 4 members (excludes halogenated alkanes) is 17. The zero-order valence-corrected chi connectivity index (χ0v) is 18.9. The molecule has 0 radical (unpaired) electrons. The monoisotopic (exact) mass is 416 g/mol. The molecule has 0 aromatic heterocycles. The highest BCUT2D eigenvalue weighted by molar-refractivity contribution is 7.81. The highest BCUT2D eigenvalue weighted by Gasteiger charge is 1.97. The SMILES string of the molecule is CCCCCCCCCCCCCCCCCCC/C=C/C=C/OS(=O)(=O)O. The molecule has 0 aromatic rings. The minimum Gasteiger partial charge on any atom is -0.370 e. The lowest BCUT2D eigenvalue weighted by Crippen LogP contribution is -1.96. The van der Waals surface area contributed by atoms with Crippen molar-refractivity contribution in [2.75, 3.05) is 0 Å². The van der Waals surface area contributed by atoms with Gasteiger partial charge in [-0.3, -0.25) is 4.55 Å². The van der Waals surface area contributed by atoms with Crippen molar-refractivity contribution in [3.8, 4) is 0 Å². The van der Waals surface area contributed by atoms with Gasteiger partial charge in [0.2, 0.25) is 0 Å². The molecule has 0 rings (SSSR count). The van der Waals surface area contributed by atoms with Crippen LogP contribution in [0.2, 0.25) is 0 Å². The summed E-state index contributed by atoms with van der Waals surface area (Å²) < 4.78 is 33.0. The molecule has 0 saturated heterocycles. The number of hydrogen-bond acceptors (Lipinski definition) is 3. The van der Waals surface area contributed by atoms with Gasteiger partial charge in [0.25, 0.3) is 0 Å². The second-order valence-corrected chi connectivity index (χ2v) is 8.77. The molecule has 4 nitrogen and oxygen atoms in total. The number of rotatable bonds is 21. The Balaban J connectivity index is 3.16. The molecular formula is C23H44O4S. The quantitative estimate of drug-likeness (QED) is 0.0893. The maximum absolute atomic E-state index is 10.3. The van der Waals surface area contributed by atoms with Gasteiger partial charge >= 0.3 is 10.4 Å². The molecular weight excluding hydrogens is 372 g/mol. The van der Waals surface area contributed by atoms with Crippen molar-refractivity contribution in [3.63, 3.8) is 0 Å². The van der Waals surface area contributed by atoms with E-state index in [1.165, 1.54) is 109 Å². The van der Waals surface area contributed by atoms with Gasteiger partial charge in [-0.25, -0.2) is 0 Å². The smallest absolute Gasteiger partial charge is 0.370 e. The van der Waals surface area contributed by atoms with E-state index in [2.05, 4.69) is 11.1 Å². The lowest BCUT2D eigenvalue weighted by molar-refractivity contribution is 0.356. The van der Waals surface area contributed by atoms with Gasteiger partial charge in [-0.05, 0) is 18.9 Å². The van der Waals surface area contributed by atoms with Crippen molar-refractivity contribution in [1.29, 1.82) is 0 Å². The van der Waals surface area contributed by atoms with Gasteiger partial charge in [0, 0.05) is 0 Å². The molecule has 0 aromatic carbocycles. The van der Waals surface area contributed by atoms with Crippen LogP contribution in [-0.4, -0.2) is 13.0 Å². The fourth-order valence-corrected chi connectivity index (χ4v) is 3.51. The Kier molecular flexibility index (Phi) is 20.3. The summed E-state index contributed by atoms with van der Waals surface area (Å²) in [7, 11) is -4.37. The highest BCUT2D eigenvalue weighted by Crippen LogP contribution is 2.14. The van der Waals surface area contributed by atoms with Crippen LogP contribution in [0.4, 0.5) is 0 Å². The van der Waals surface area contributed by atoms with E-state index in [-0.39, 0.29) is 0 Å². The Morgan fingerprint density at radius 1 is 0.643 bits per heavy atom. The molecule has 166 valence electrons. The molecule has 0 aliphatic heterocycles. The van der Waals surface area contributed by atoms with E-state index in [0.717, 1.165) is 19.1 Å². The van der Waals surface area contributed by atoms with Gasteiger partial charge in [-0.1, -0.05) is 122 Å². The van der Waals surface area contributed by atoms with Gasteiger partial charge in [-0.15, -0.1) is 0 Å². The summed E-state index contributed by atoms with van der Waals surface area (Å²) in [5, 5.41) is 0. The second-order valence-electron chi connectivity index (χ2n) is 7.73. The van der Waals surface area contributed by atoms with E-state index < -0.39 is 10.4 Å². The van der Waals surface area contributed by atoms with Crippen LogP contribution in [0.15, 0.2) is 24.5 Å². The first-order valence-corrected chi connectivity index (χ1v) is 12.9. The number of allylic oxidation sites excluding steroid dienone is 3. The summed E-state index contributed by atoms with van der Waals surface area (Å²) in [6.07, 6.45) is 30.5. The molecule has 0 saturated carbocycles. The minimum atomic E-state index is -4.37. The van der Waals surface area contributed by atoms with Gasteiger partial charge < -0.3 is 4.18 Å². The Morgan fingerprint density at radius 2 is 1.04 bits per heavy atom. The van der Waals surface area contributed by atoms with E-state index in [1.54, 1.807) is 6.08 Å². The molecule has 0 spiro atoms. The van der Waals surface area contributed by atoms with Gasteiger partial charge in [0.1, 0.15) is 6.26 Å². The molecule has 0 bridgehead atoms. The van der Waals surface area contributed by atoms with Crippen LogP contribution in [0.5, 0.6) is 0 Å². The molecule has 0 aliphatic rings. The molecule has 0 heterocycles. The Labute approximate surface area is 174 Å². The topological polar surface area (TPSA) is 63.6 Å². The first kappa shape index (κ1) is 27.2. The third-order valence-electron chi connectivity index (χ3n) is 4.98. The third-order valence-corrected chi connectivity index (χ3v) is 5.33. The third kappa shape index (κ3) is 25.2. The zero-order chi connectivity index (χ0) is 20.8. The number of hydrogen-bond donors (Lipinski definition) is 1. The average Bonchev–Trinajstić information content (AvgIpc) is 2.65. The maximum Gasteiger partial charge on any atom is 0.445 e. The predicted octanol–water partition coefficient (Wildman–Crippen LogP) is 7.92. The standard InChI is InChI=1S/C23H44O4S/c1-2-3-4-5-6-7-8-9-10-11-12-13-14-15-16-17-18-19-20-21-22-23-27-28(24,25)26/h20-23H,2-19H2,1H3,(H,24,25,26)/b21-20+,23-22+. The van der Waals surface area contributed by atoms with Crippen LogP contribution in [0.1, 0.15) is 122 Å². The van der Waals surface area contributed by atoms with Gasteiger partial charge in [-0.2, -0.15) is 8.42 Å². The summed E-state index contributed by atoms with van der Waals surface area (Å²) in [6, 6.07) is 0. The average molecular weight is 417 g/mol. The Hall–Kier alpha value is -0.810. The van der Waals surface area contributed by atoms with E-state index in [0.29, 0.717) is 0 Å². The summed E-state index contributed by atoms with van der Waals surface area (Å²) in [4.78, 5) is 0. The van der Waals surface area contributed by atoms with Crippen molar-refractivity contribution in [3.05, 3.63) is 24.5 Å². The largest absolute Gasteiger partial charge is 0.445 e. The van der Waals surface area contributed by atoms with Crippen LogP contribution in [0, 0.1) is 0 Å². The van der Waals surface area contributed by atoms with Crippen molar-refractivity contribution >= 4 is 10.4 Å². The fraction of sp³-hybridized carbons (Fsp3) is 0.826. The molecule has 0 unspecified atom stereocenters. The summed E-state index contributed by atoms with van der Waals surface area (Å²) in [5.41, 5.74) is 0. The van der Waals surface area contributed by atoms with Crippen LogP contribution in [-0.2, 0) is 14.6 Å². The molecule has 0 atom stereocenters. The fourth-order valence-electron chi connectivity index (χ4n) is 3.31. The molecule has 0 aliphatic carbocycles. The molecule has 28 heavy (non-hydrogen) atoms. The minimum absolute atomic E-state index is 0.959. The van der Waals surface area contributed by atoms with Gasteiger partial charge in [0.15, 0.2) is 0 Å². The maximum atomic E-state index is 10.3. The first-order valence-electron chi connectivity index (χ1n) is 11.5. The summed E-state index contributed by atoms with van der Waals surface area (Å²) in [6.45, 7) is 2.28. The second kappa shape index (κ2) is 20.9. The molecule has 0 amide bonds. The Bertz CT molecular complexity index is 469. The van der Waals surface area contributed by atoms with E-state index in [9.17, 15) is 8.42 Å². The molecule has 0 fully saturated rings. The molecule has 5 heteroatoms. The van der Waals surface area contributed by atoms with Crippen LogP contribution >= 0.6 is 0 Å². The lowest BCUT2D eigenvalue weighted by atomic mass is 10.0. The van der Waals surface area contributed by atoms with Gasteiger partial charge in [0.05, 0.1) is 0 Å². The highest BCUT2D eigenvalue weighted by atomic mass is 32.3. The van der Waals surface area contributed by atoms with E-state index >= 15 is 0 Å². The van der Waals surface area contributed by atoms with E-state index in [4.69, 9.17) is 4.55 Å². The lowest BCUT2D eigenvalue weighted by Gasteiger charge is -2.03. The van der Waals surface area contributed by atoms with Crippen LogP contribution in [0.25, 0.3) is 0 Å². The zero-order valence-electron chi connectivity index (χ0n) is 18.1. The van der Waals surface area contributed by atoms with Crippen molar-refractivity contribution in [2.24, 2.45) is 0 Å². The van der Waals surface area contributed by atoms with Crippen LogP contribution in [0.3, 0.4) is 0 Å². The summed E-state index contributed by atoms with van der Waals surface area (Å²) >= 11 is 0. The normalized spacial score (nSPS) is 12.4. The van der Waals surface area contributed by atoms with Crippen LogP contribution < -0.4 is 0 Å². The van der Waals surface area contributed by atoms with E-state index in [1.807, 2.05) is 6.08 Å². The first-order chi connectivity index (χ1) is 13.6. The van der Waals surface area contributed by atoms with Crippen molar-refractivity contribution in [1.82, 2.24) is 0 Å².